The van der Waals surface area contributed by atoms with E-state index in [9.17, 15) is 4.79 Å². The van der Waals surface area contributed by atoms with Gasteiger partial charge in [-0.25, -0.2) is 0 Å². The van der Waals surface area contributed by atoms with Crippen molar-refractivity contribution in [2.24, 2.45) is 0 Å². The third kappa shape index (κ3) is 3.41. The maximum atomic E-state index is 11.9. The highest BCUT2D eigenvalue weighted by Gasteiger charge is 2.10. The molecule has 0 aliphatic heterocycles. The number of halogens is 1. The zero-order valence-electron chi connectivity index (χ0n) is 9.34. The first-order valence-corrected chi connectivity index (χ1v) is 6.77. The smallest absolute Gasteiger partial charge is 0.244 e. The van der Waals surface area contributed by atoms with Gasteiger partial charge in [0.05, 0.1) is 3.79 Å². The molecule has 0 saturated heterocycles. The first kappa shape index (κ1) is 12.3. The number of hydrogen-bond donors (Lipinski definition) is 0. The van der Waals surface area contributed by atoms with E-state index in [0.29, 0.717) is 6.54 Å². The molecule has 0 N–H and O–H groups in total. The third-order valence-electron chi connectivity index (χ3n) is 2.32. The van der Waals surface area contributed by atoms with Crippen molar-refractivity contribution in [3.8, 4) is 0 Å². The summed E-state index contributed by atoms with van der Waals surface area (Å²) in [5.74, 6) is 0.0519. The van der Waals surface area contributed by atoms with E-state index in [0.717, 1.165) is 9.35 Å². The van der Waals surface area contributed by atoms with Crippen molar-refractivity contribution in [2.75, 3.05) is 7.05 Å². The monoisotopic (exact) mass is 313 g/mol. The van der Waals surface area contributed by atoms with Crippen molar-refractivity contribution in [1.82, 2.24) is 14.7 Å². The average Bonchev–Trinajstić information content (AvgIpc) is 2.90. The SMILES string of the molecule is CN(Cc1csc(Br)c1)C(=O)Cn1cccn1. The molecule has 0 atom stereocenters. The van der Waals surface area contributed by atoms with Crippen LogP contribution in [-0.4, -0.2) is 27.6 Å². The third-order valence-corrected chi connectivity index (χ3v) is 3.88. The zero-order chi connectivity index (χ0) is 12.3. The minimum Gasteiger partial charge on any atom is -0.340 e. The summed E-state index contributed by atoms with van der Waals surface area (Å²) < 4.78 is 2.71. The molecule has 0 saturated carbocycles. The molecule has 1 amide bonds. The Morgan fingerprint density at radius 3 is 3.06 bits per heavy atom. The van der Waals surface area contributed by atoms with Crippen molar-refractivity contribution in [2.45, 2.75) is 13.1 Å². The van der Waals surface area contributed by atoms with Crippen LogP contribution in [0.25, 0.3) is 0 Å². The summed E-state index contributed by atoms with van der Waals surface area (Å²) in [5, 5.41) is 6.06. The highest BCUT2D eigenvalue weighted by Crippen LogP contribution is 2.21. The number of carbonyl (C=O) groups excluding carboxylic acids is 1. The van der Waals surface area contributed by atoms with Crippen LogP contribution in [0.1, 0.15) is 5.56 Å². The Balaban J connectivity index is 1.91. The molecule has 2 aromatic rings. The molecular weight excluding hydrogens is 302 g/mol. The minimum absolute atomic E-state index is 0.0519. The van der Waals surface area contributed by atoms with Gasteiger partial charge >= 0.3 is 0 Å². The summed E-state index contributed by atoms with van der Waals surface area (Å²) in [6.07, 6.45) is 3.45. The molecular formula is C11H12BrN3OS. The topological polar surface area (TPSA) is 38.1 Å². The van der Waals surface area contributed by atoms with Crippen LogP contribution < -0.4 is 0 Å². The van der Waals surface area contributed by atoms with E-state index in [2.05, 4.69) is 21.0 Å². The van der Waals surface area contributed by atoms with Crippen LogP contribution >= 0.6 is 27.3 Å². The highest BCUT2D eigenvalue weighted by molar-refractivity contribution is 9.11. The molecule has 0 aromatic carbocycles. The molecule has 0 fully saturated rings. The van der Waals surface area contributed by atoms with E-state index in [4.69, 9.17) is 0 Å². The molecule has 2 heterocycles. The van der Waals surface area contributed by atoms with Crippen LogP contribution in [0.15, 0.2) is 33.7 Å². The van der Waals surface area contributed by atoms with E-state index in [-0.39, 0.29) is 12.5 Å². The molecule has 2 rings (SSSR count). The Morgan fingerprint density at radius 2 is 2.47 bits per heavy atom. The van der Waals surface area contributed by atoms with Crippen LogP contribution in [0.2, 0.25) is 0 Å². The first-order valence-electron chi connectivity index (χ1n) is 5.09. The van der Waals surface area contributed by atoms with Crippen LogP contribution in [-0.2, 0) is 17.9 Å². The fourth-order valence-electron chi connectivity index (χ4n) is 1.44. The molecule has 2 aromatic heterocycles. The van der Waals surface area contributed by atoms with Crippen molar-refractivity contribution < 1.29 is 4.79 Å². The number of rotatable bonds is 4. The van der Waals surface area contributed by atoms with Gasteiger partial charge in [-0.05, 0) is 39.0 Å². The van der Waals surface area contributed by atoms with Gasteiger partial charge in [0, 0.05) is 26.0 Å². The molecule has 0 radical (unpaired) electrons. The Hall–Kier alpha value is -1.14. The number of hydrogen-bond acceptors (Lipinski definition) is 3. The lowest BCUT2D eigenvalue weighted by Crippen LogP contribution is -2.29. The van der Waals surface area contributed by atoms with Gasteiger partial charge < -0.3 is 4.90 Å². The van der Waals surface area contributed by atoms with E-state index < -0.39 is 0 Å². The molecule has 0 aliphatic rings. The highest BCUT2D eigenvalue weighted by atomic mass is 79.9. The van der Waals surface area contributed by atoms with Gasteiger partial charge in [-0.3, -0.25) is 9.48 Å². The fraction of sp³-hybridized carbons (Fsp3) is 0.273. The number of thiophene rings is 1. The molecule has 17 heavy (non-hydrogen) atoms. The van der Waals surface area contributed by atoms with Gasteiger partial charge in [0.25, 0.3) is 0 Å². The summed E-state index contributed by atoms with van der Waals surface area (Å²) in [6.45, 7) is 0.914. The quantitative estimate of drug-likeness (QED) is 0.869. The predicted molar refractivity (Wildman–Crippen MR) is 70.7 cm³/mol. The standard InChI is InChI=1S/C11H12BrN3OS/c1-14(6-9-5-10(12)17-8-9)11(16)7-15-4-2-3-13-15/h2-5,8H,6-7H2,1H3. The van der Waals surface area contributed by atoms with Gasteiger partial charge in [0.15, 0.2) is 0 Å². The zero-order valence-corrected chi connectivity index (χ0v) is 11.7. The molecule has 6 heteroatoms. The summed E-state index contributed by atoms with van der Waals surface area (Å²) in [5.41, 5.74) is 1.14. The second-order valence-electron chi connectivity index (χ2n) is 3.71. The van der Waals surface area contributed by atoms with E-state index in [1.54, 1.807) is 40.4 Å². The van der Waals surface area contributed by atoms with Crippen LogP contribution in [0.5, 0.6) is 0 Å². The van der Waals surface area contributed by atoms with E-state index >= 15 is 0 Å². The van der Waals surface area contributed by atoms with E-state index in [1.807, 2.05) is 17.5 Å². The molecule has 0 unspecified atom stereocenters. The predicted octanol–water partition coefficient (Wildman–Crippen LogP) is 2.37. The molecule has 4 nitrogen and oxygen atoms in total. The van der Waals surface area contributed by atoms with Gasteiger partial charge in [-0.15, -0.1) is 11.3 Å². The Bertz CT molecular complexity index is 495. The molecule has 0 spiro atoms. The minimum atomic E-state index is 0.0519. The lowest BCUT2D eigenvalue weighted by molar-refractivity contribution is -0.131. The number of likely N-dealkylation sites (N-methyl/N-ethyl adjacent to an activating group) is 1. The fourth-order valence-corrected chi connectivity index (χ4v) is 2.64. The summed E-state index contributed by atoms with van der Waals surface area (Å²) in [6, 6.07) is 3.84. The Labute approximate surface area is 112 Å². The lowest BCUT2D eigenvalue weighted by atomic mass is 10.3. The Kier molecular flexibility index (Phi) is 3.96. The largest absolute Gasteiger partial charge is 0.340 e. The molecule has 0 aliphatic carbocycles. The first-order chi connectivity index (χ1) is 8.15. The van der Waals surface area contributed by atoms with Crippen LogP contribution in [0.3, 0.4) is 0 Å². The maximum Gasteiger partial charge on any atom is 0.244 e. The van der Waals surface area contributed by atoms with Gasteiger partial charge in [-0.1, -0.05) is 0 Å². The van der Waals surface area contributed by atoms with Crippen molar-refractivity contribution in [1.29, 1.82) is 0 Å². The number of amides is 1. The van der Waals surface area contributed by atoms with Crippen molar-refractivity contribution >= 4 is 33.2 Å². The number of aromatic nitrogens is 2. The number of nitrogens with zero attached hydrogens (tertiary/aromatic N) is 3. The van der Waals surface area contributed by atoms with Crippen LogP contribution in [0.4, 0.5) is 0 Å². The van der Waals surface area contributed by atoms with Crippen LogP contribution in [0, 0.1) is 0 Å². The van der Waals surface area contributed by atoms with Gasteiger partial charge in [0.1, 0.15) is 6.54 Å². The van der Waals surface area contributed by atoms with Crippen molar-refractivity contribution in [3.63, 3.8) is 0 Å². The number of carbonyl (C=O) groups is 1. The van der Waals surface area contributed by atoms with E-state index in [1.165, 1.54) is 0 Å². The molecule has 90 valence electrons. The lowest BCUT2D eigenvalue weighted by Gasteiger charge is -2.16. The average molecular weight is 314 g/mol. The second-order valence-corrected chi connectivity index (χ2v) is 6.00. The normalized spacial score (nSPS) is 10.5. The second kappa shape index (κ2) is 5.46. The van der Waals surface area contributed by atoms with Gasteiger partial charge in [0.2, 0.25) is 5.91 Å². The summed E-state index contributed by atoms with van der Waals surface area (Å²) >= 11 is 5.03. The Morgan fingerprint density at radius 1 is 1.65 bits per heavy atom. The van der Waals surface area contributed by atoms with Gasteiger partial charge in [-0.2, -0.15) is 5.10 Å². The summed E-state index contributed by atoms with van der Waals surface area (Å²) in [7, 11) is 1.80. The molecule has 0 bridgehead atoms. The summed E-state index contributed by atoms with van der Waals surface area (Å²) in [4.78, 5) is 13.6. The van der Waals surface area contributed by atoms with Crippen molar-refractivity contribution in [3.05, 3.63) is 39.3 Å². The maximum absolute atomic E-state index is 11.9.